The molecule has 0 saturated heterocycles. The van der Waals surface area contributed by atoms with Gasteiger partial charge in [-0.25, -0.2) is 0 Å². The lowest BCUT2D eigenvalue weighted by molar-refractivity contribution is 0.0930. The Balaban J connectivity index is 2.67. The first-order chi connectivity index (χ1) is 5.70. The summed E-state index contributed by atoms with van der Waals surface area (Å²) in [5.74, 6) is -0.0596. The number of nitrogen functional groups attached to an aromatic ring is 1. The Morgan fingerprint density at radius 3 is 2.92 bits per heavy atom. The quantitative estimate of drug-likeness (QED) is 0.558. The van der Waals surface area contributed by atoms with E-state index < -0.39 is 6.10 Å². The standard InChI is InChI=1S/C9H9NO2/c10-6-3-1-2-5-7(11)4-8(12)9(5)6/h1-3,7,11H,4,10H2. The largest absolute Gasteiger partial charge is 0.398 e. The molecule has 1 aromatic carbocycles. The molecule has 0 radical (unpaired) electrons. The highest BCUT2D eigenvalue weighted by atomic mass is 16.3. The van der Waals surface area contributed by atoms with E-state index in [1.165, 1.54) is 0 Å². The summed E-state index contributed by atoms with van der Waals surface area (Å²) in [4.78, 5) is 11.3. The molecule has 1 aliphatic carbocycles. The van der Waals surface area contributed by atoms with Crippen LogP contribution in [0.3, 0.4) is 0 Å². The molecule has 0 spiro atoms. The van der Waals surface area contributed by atoms with Gasteiger partial charge in [-0.05, 0) is 11.6 Å². The molecule has 0 amide bonds. The van der Waals surface area contributed by atoms with Gasteiger partial charge >= 0.3 is 0 Å². The summed E-state index contributed by atoms with van der Waals surface area (Å²) in [6.07, 6.45) is -0.486. The normalized spacial score (nSPS) is 21.1. The van der Waals surface area contributed by atoms with Gasteiger partial charge in [0.15, 0.2) is 5.78 Å². The third kappa shape index (κ3) is 0.833. The van der Waals surface area contributed by atoms with Gasteiger partial charge in [0.2, 0.25) is 0 Å². The molecule has 0 aliphatic heterocycles. The SMILES string of the molecule is Nc1cccc2c1C(=O)CC2O. The molecule has 3 N–H and O–H groups in total. The van der Waals surface area contributed by atoms with Crippen LogP contribution in [0.4, 0.5) is 5.69 Å². The monoisotopic (exact) mass is 163 g/mol. The molecule has 3 nitrogen and oxygen atoms in total. The maximum absolute atomic E-state index is 11.3. The number of ketones is 1. The fraction of sp³-hybridized carbons (Fsp3) is 0.222. The van der Waals surface area contributed by atoms with Crippen LogP contribution in [0.1, 0.15) is 28.4 Å². The molecule has 1 aliphatic rings. The van der Waals surface area contributed by atoms with E-state index in [0.29, 0.717) is 16.8 Å². The molecule has 3 heteroatoms. The van der Waals surface area contributed by atoms with Crippen LogP contribution >= 0.6 is 0 Å². The summed E-state index contributed by atoms with van der Waals surface area (Å²) in [7, 11) is 0. The Labute approximate surface area is 69.8 Å². The molecule has 0 heterocycles. The minimum Gasteiger partial charge on any atom is -0.398 e. The van der Waals surface area contributed by atoms with Gasteiger partial charge < -0.3 is 10.8 Å². The van der Waals surface area contributed by atoms with Crippen LogP contribution in [0.2, 0.25) is 0 Å². The number of anilines is 1. The number of nitrogens with two attached hydrogens (primary N) is 1. The second-order valence-electron chi connectivity index (χ2n) is 2.95. The molecule has 0 bridgehead atoms. The van der Waals surface area contributed by atoms with Gasteiger partial charge in [0.1, 0.15) is 0 Å². The highest BCUT2D eigenvalue weighted by molar-refractivity contribution is 6.05. The van der Waals surface area contributed by atoms with Gasteiger partial charge in [-0.15, -0.1) is 0 Å². The zero-order valence-electron chi connectivity index (χ0n) is 6.45. The molecule has 1 atom stereocenters. The predicted octanol–water partition coefficient (Wildman–Crippen LogP) is 0.889. The van der Waals surface area contributed by atoms with Crippen molar-refractivity contribution in [2.45, 2.75) is 12.5 Å². The molecular formula is C9H9NO2. The van der Waals surface area contributed by atoms with Crippen molar-refractivity contribution in [1.29, 1.82) is 0 Å². The molecule has 0 aromatic heterocycles. The van der Waals surface area contributed by atoms with E-state index in [1.54, 1.807) is 18.2 Å². The van der Waals surface area contributed by atoms with E-state index in [1.807, 2.05) is 0 Å². The van der Waals surface area contributed by atoms with E-state index in [9.17, 15) is 9.90 Å². The zero-order chi connectivity index (χ0) is 8.72. The first-order valence-corrected chi connectivity index (χ1v) is 3.80. The Morgan fingerprint density at radius 2 is 2.25 bits per heavy atom. The third-order valence-electron chi connectivity index (χ3n) is 2.15. The van der Waals surface area contributed by atoms with E-state index >= 15 is 0 Å². The average Bonchev–Trinajstić information content (AvgIpc) is 2.29. The number of hydrogen-bond donors (Lipinski definition) is 2. The summed E-state index contributed by atoms with van der Waals surface area (Å²) in [6.45, 7) is 0. The number of hydrogen-bond acceptors (Lipinski definition) is 3. The Morgan fingerprint density at radius 1 is 1.50 bits per heavy atom. The number of rotatable bonds is 0. The topological polar surface area (TPSA) is 63.3 Å². The molecule has 0 fully saturated rings. The second-order valence-corrected chi connectivity index (χ2v) is 2.95. The molecule has 62 valence electrons. The maximum atomic E-state index is 11.3. The third-order valence-corrected chi connectivity index (χ3v) is 2.15. The first kappa shape index (κ1) is 7.31. The molecule has 0 saturated carbocycles. The lowest BCUT2D eigenvalue weighted by Gasteiger charge is -2.02. The predicted molar refractivity (Wildman–Crippen MR) is 44.8 cm³/mol. The van der Waals surface area contributed by atoms with Crippen molar-refractivity contribution in [2.24, 2.45) is 0 Å². The summed E-state index contributed by atoms with van der Waals surface area (Å²) >= 11 is 0. The second kappa shape index (κ2) is 2.32. The van der Waals surface area contributed by atoms with Gasteiger partial charge in [0.05, 0.1) is 6.10 Å². The summed E-state index contributed by atoms with van der Waals surface area (Å²) in [5, 5.41) is 9.40. The Hall–Kier alpha value is -1.35. The molecule has 2 rings (SSSR count). The van der Waals surface area contributed by atoms with Gasteiger partial charge in [-0.2, -0.15) is 0 Å². The number of carbonyl (C=O) groups excluding carboxylic acids is 1. The van der Waals surface area contributed by atoms with Crippen LogP contribution in [0.25, 0.3) is 0 Å². The van der Waals surface area contributed by atoms with E-state index in [-0.39, 0.29) is 12.2 Å². The van der Waals surface area contributed by atoms with E-state index in [0.717, 1.165) is 0 Å². The van der Waals surface area contributed by atoms with Gasteiger partial charge in [-0.3, -0.25) is 4.79 Å². The maximum Gasteiger partial charge on any atom is 0.168 e. The van der Waals surface area contributed by atoms with Crippen molar-refractivity contribution >= 4 is 11.5 Å². The lowest BCUT2D eigenvalue weighted by atomic mass is 10.1. The highest BCUT2D eigenvalue weighted by Gasteiger charge is 2.28. The molecule has 1 aromatic rings. The van der Waals surface area contributed by atoms with Gasteiger partial charge in [0, 0.05) is 17.7 Å². The highest BCUT2D eigenvalue weighted by Crippen LogP contribution is 2.33. The average molecular weight is 163 g/mol. The van der Waals surface area contributed by atoms with Crippen molar-refractivity contribution in [3.8, 4) is 0 Å². The Kier molecular flexibility index (Phi) is 1.41. The number of benzene rings is 1. The van der Waals surface area contributed by atoms with Crippen LogP contribution in [-0.2, 0) is 0 Å². The fourth-order valence-corrected chi connectivity index (χ4v) is 1.58. The summed E-state index contributed by atoms with van der Waals surface area (Å²) in [6, 6.07) is 5.16. The van der Waals surface area contributed by atoms with Crippen LogP contribution in [0, 0.1) is 0 Å². The molecule has 1 unspecified atom stereocenters. The van der Waals surface area contributed by atoms with Gasteiger partial charge in [-0.1, -0.05) is 12.1 Å². The number of aliphatic hydroxyl groups excluding tert-OH is 1. The van der Waals surface area contributed by atoms with Crippen molar-refractivity contribution in [3.05, 3.63) is 29.3 Å². The van der Waals surface area contributed by atoms with Crippen molar-refractivity contribution in [1.82, 2.24) is 0 Å². The molecular weight excluding hydrogens is 154 g/mol. The van der Waals surface area contributed by atoms with Gasteiger partial charge in [0.25, 0.3) is 0 Å². The zero-order valence-corrected chi connectivity index (χ0v) is 6.45. The first-order valence-electron chi connectivity index (χ1n) is 3.80. The number of carbonyl (C=O) groups is 1. The minimum absolute atomic E-state index is 0.0596. The number of Topliss-reactive ketones (excluding diaryl/α,β-unsaturated/α-hetero) is 1. The van der Waals surface area contributed by atoms with Crippen molar-refractivity contribution in [2.75, 3.05) is 5.73 Å². The van der Waals surface area contributed by atoms with Crippen LogP contribution in [0.15, 0.2) is 18.2 Å². The Bertz CT molecular complexity index is 346. The van der Waals surface area contributed by atoms with Crippen molar-refractivity contribution in [3.63, 3.8) is 0 Å². The lowest BCUT2D eigenvalue weighted by Crippen LogP contribution is -1.98. The summed E-state index contributed by atoms with van der Waals surface area (Å²) < 4.78 is 0. The van der Waals surface area contributed by atoms with Crippen molar-refractivity contribution < 1.29 is 9.90 Å². The smallest absolute Gasteiger partial charge is 0.168 e. The van der Waals surface area contributed by atoms with E-state index in [4.69, 9.17) is 5.73 Å². The number of fused-ring (bicyclic) bond motifs is 1. The van der Waals surface area contributed by atoms with Crippen LogP contribution < -0.4 is 5.73 Å². The van der Waals surface area contributed by atoms with E-state index in [2.05, 4.69) is 0 Å². The summed E-state index contributed by atoms with van der Waals surface area (Å²) in [5.41, 5.74) is 7.23. The number of aliphatic hydroxyl groups is 1. The molecule has 12 heavy (non-hydrogen) atoms. The van der Waals surface area contributed by atoms with Crippen LogP contribution in [0.5, 0.6) is 0 Å². The van der Waals surface area contributed by atoms with Crippen LogP contribution in [-0.4, -0.2) is 10.9 Å². The fourth-order valence-electron chi connectivity index (χ4n) is 1.58. The minimum atomic E-state index is -0.656.